The van der Waals surface area contributed by atoms with Crippen molar-refractivity contribution >= 4 is 22.7 Å². The predicted molar refractivity (Wildman–Crippen MR) is 94.7 cm³/mol. The van der Waals surface area contributed by atoms with Crippen molar-refractivity contribution in [2.75, 3.05) is 26.2 Å². The number of thiophene rings is 2. The van der Waals surface area contributed by atoms with Gasteiger partial charge in [-0.2, -0.15) is 0 Å². The fourth-order valence-corrected chi connectivity index (χ4v) is 4.25. The van der Waals surface area contributed by atoms with Gasteiger partial charge in [-0.05, 0) is 22.9 Å². The molecule has 0 amide bonds. The van der Waals surface area contributed by atoms with E-state index in [2.05, 4.69) is 32.3 Å². The van der Waals surface area contributed by atoms with Crippen molar-refractivity contribution in [3.05, 3.63) is 51.9 Å². The van der Waals surface area contributed by atoms with Gasteiger partial charge < -0.3 is 4.42 Å². The number of hydrogen-bond donors (Lipinski definition) is 0. The molecule has 1 aliphatic heterocycles. The Morgan fingerprint density at radius 2 is 1.70 bits per heavy atom. The van der Waals surface area contributed by atoms with Crippen LogP contribution in [-0.2, 0) is 13.1 Å². The number of hydrogen-bond acceptors (Lipinski definition) is 6. The van der Waals surface area contributed by atoms with Gasteiger partial charge in [0.1, 0.15) is 6.26 Å². The summed E-state index contributed by atoms with van der Waals surface area (Å²) in [5.74, 6) is 0.742. The monoisotopic (exact) mass is 345 g/mol. The summed E-state index contributed by atoms with van der Waals surface area (Å²) in [6, 6.07) is 8.42. The lowest BCUT2D eigenvalue weighted by Gasteiger charge is -2.33. The van der Waals surface area contributed by atoms with E-state index >= 15 is 0 Å². The second-order valence-corrected chi connectivity index (χ2v) is 7.73. The zero-order valence-corrected chi connectivity index (χ0v) is 14.5. The van der Waals surface area contributed by atoms with Gasteiger partial charge in [0.2, 0.25) is 5.89 Å². The SMILES string of the molecule is c1csc(CN2CCN(Cc3coc(-c4cccs4)n3)CC2)c1. The summed E-state index contributed by atoms with van der Waals surface area (Å²) in [5.41, 5.74) is 1.03. The maximum Gasteiger partial charge on any atom is 0.236 e. The fourth-order valence-electron chi connectivity index (χ4n) is 2.85. The molecule has 1 saturated heterocycles. The molecular weight excluding hydrogens is 326 g/mol. The standard InChI is InChI=1S/C17H19N3OS2/c1-3-15(22-9-1)12-20-7-5-19(6-8-20)11-14-13-21-17(18-14)16-4-2-10-23-16/h1-4,9-10,13H,5-8,11-12H2. The van der Waals surface area contributed by atoms with E-state index in [0.717, 1.165) is 55.7 Å². The molecule has 4 heterocycles. The van der Waals surface area contributed by atoms with E-state index in [1.54, 1.807) is 17.6 Å². The van der Waals surface area contributed by atoms with Crippen molar-refractivity contribution in [3.8, 4) is 10.8 Å². The molecule has 0 saturated carbocycles. The normalized spacial score (nSPS) is 16.9. The first-order valence-corrected chi connectivity index (χ1v) is 9.58. The average Bonchev–Trinajstić information content (AvgIpc) is 3.31. The molecule has 0 radical (unpaired) electrons. The zero-order chi connectivity index (χ0) is 15.5. The molecule has 0 N–H and O–H groups in total. The third-order valence-electron chi connectivity index (χ3n) is 4.09. The van der Waals surface area contributed by atoms with E-state index < -0.39 is 0 Å². The molecule has 1 fully saturated rings. The van der Waals surface area contributed by atoms with E-state index in [0.29, 0.717) is 0 Å². The van der Waals surface area contributed by atoms with Crippen LogP contribution in [0.15, 0.2) is 45.7 Å². The average molecular weight is 345 g/mol. The lowest BCUT2D eigenvalue weighted by molar-refractivity contribution is 0.122. The van der Waals surface area contributed by atoms with Gasteiger partial charge in [0.05, 0.1) is 10.6 Å². The summed E-state index contributed by atoms with van der Waals surface area (Å²) in [6.07, 6.45) is 1.80. The summed E-state index contributed by atoms with van der Waals surface area (Å²) < 4.78 is 5.61. The smallest absolute Gasteiger partial charge is 0.236 e. The Labute approximate surface area is 144 Å². The van der Waals surface area contributed by atoms with Crippen molar-refractivity contribution in [2.24, 2.45) is 0 Å². The highest BCUT2D eigenvalue weighted by Crippen LogP contribution is 2.24. The third-order valence-corrected chi connectivity index (χ3v) is 5.81. The molecule has 120 valence electrons. The summed E-state index contributed by atoms with van der Waals surface area (Å²) >= 11 is 3.51. The number of aromatic nitrogens is 1. The van der Waals surface area contributed by atoms with E-state index in [9.17, 15) is 0 Å². The van der Waals surface area contributed by atoms with E-state index in [4.69, 9.17) is 4.42 Å². The van der Waals surface area contributed by atoms with Crippen molar-refractivity contribution in [1.29, 1.82) is 0 Å². The van der Waals surface area contributed by atoms with Crippen LogP contribution in [0.1, 0.15) is 10.6 Å². The highest BCUT2D eigenvalue weighted by atomic mass is 32.1. The van der Waals surface area contributed by atoms with Gasteiger partial charge in [0.15, 0.2) is 0 Å². The second kappa shape index (κ2) is 6.97. The molecule has 4 rings (SSSR count). The van der Waals surface area contributed by atoms with Gasteiger partial charge in [-0.15, -0.1) is 22.7 Å². The van der Waals surface area contributed by atoms with Crippen LogP contribution in [0.25, 0.3) is 10.8 Å². The van der Waals surface area contributed by atoms with E-state index in [1.165, 1.54) is 4.88 Å². The summed E-state index contributed by atoms with van der Waals surface area (Å²) in [7, 11) is 0. The molecule has 4 nitrogen and oxygen atoms in total. The van der Waals surface area contributed by atoms with Gasteiger partial charge in [0, 0.05) is 44.1 Å². The molecule has 6 heteroatoms. The van der Waals surface area contributed by atoms with Crippen LogP contribution < -0.4 is 0 Å². The second-order valence-electron chi connectivity index (χ2n) is 5.75. The zero-order valence-electron chi connectivity index (χ0n) is 12.9. The fraction of sp³-hybridized carbons (Fsp3) is 0.353. The number of piperazine rings is 1. The maximum atomic E-state index is 5.61. The Morgan fingerprint density at radius 1 is 0.957 bits per heavy atom. The van der Waals surface area contributed by atoms with Crippen molar-refractivity contribution in [1.82, 2.24) is 14.8 Å². The first kappa shape index (κ1) is 15.1. The minimum Gasteiger partial charge on any atom is -0.444 e. The van der Waals surface area contributed by atoms with Gasteiger partial charge in [-0.1, -0.05) is 12.1 Å². The number of nitrogens with zero attached hydrogens (tertiary/aromatic N) is 3. The molecule has 0 aromatic carbocycles. The highest BCUT2D eigenvalue weighted by molar-refractivity contribution is 7.13. The van der Waals surface area contributed by atoms with Gasteiger partial charge in [-0.25, -0.2) is 4.98 Å². The molecule has 3 aromatic heterocycles. The minimum absolute atomic E-state index is 0.742. The molecule has 23 heavy (non-hydrogen) atoms. The third kappa shape index (κ3) is 3.72. The van der Waals surface area contributed by atoms with Crippen molar-refractivity contribution in [2.45, 2.75) is 13.1 Å². The van der Waals surface area contributed by atoms with Crippen LogP contribution in [0.2, 0.25) is 0 Å². The highest BCUT2D eigenvalue weighted by Gasteiger charge is 2.18. The largest absolute Gasteiger partial charge is 0.444 e. The van der Waals surface area contributed by atoms with Crippen molar-refractivity contribution < 1.29 is 4.42 Å². The first-order chi connectivity index (χ1) is 11.4. The number of rotatable bonds is 5. The number of oxazole rings is 1. The van der Waals surface area contributed by atoms with Crippen LogP contribution in [0.4, 0.5) is 0 Å². The molecule has 0 aliphatic carbocycles. The quantitative estimate of drug-likeness (QED) is 0.704. The summed E-state index contributed by atoms with van der Waals surface area (Å²) in [6.45, 7) is 6.37. The first-order valence-electron chi connectivity index (χ1n) is 7.82. The topological polar surface area (TPSA) is 32.5 Å². The molecule has 0 spiro atoms. The van der Waals surface area contributed by atoms with Gasteiger partial charge in [0.25, 0.3) is 0 Å². The molecule has 3 aromatic rings. The van der Waals surface area contributed by atoms with Crippen LogP contribution in [0, 0.1) is 0 Å². The van der Waals surface area contributed by atoms with E-state index in [1.807, 2.05) is 28.8 Å². The predicted octanol–water partition coefficient (Wildman–Crippen LogP) is 3.78. The maximum absolute atomic E-state index is 5.61. The van der Waals surface area contributed by atoms with Crippen LogP contribution in [0.5, 0.6) is 0 Å². The molecule has 0 unspecified atom stereocenters. The summed E-state index contributed by atoms with van der Waals surface area (Å²) in [4.78, 5) is 12.2. The Hall–Kier alpha value is -1.47. The summed E-state index contributed by atoms with van der Waals surface area (Å²) in [5, 5.41) is 4.20. The lowest BCUT2D eigenvalue weighted by Crippen LogP contribution is -2.45. The lowest BCUT2D eigenvalue weighted by atomic mass is 10.3. The van der Waals surface area contributed by atoms with Gasteiger partial charge >= 0.3 is 0 Å². The Morgan fingerprint density at radius 3 is 2.39 bits per heavy atom. The Balaban J connectivity index is 1.29. The van der Waals surface area contributed by atoms with Crippen LogP contribution >= 0.6 is 22.7 Å². The molecule has 0 atom stereocenters. The Bertz CT molecular complexity index is 713. The van der Waals surface area contributed by atoms with Crippen molar-refractivity contribution in [3.63, 3.8) is 0 Å². The minimum atomic E-state index is 0.742. The molecule has 1 aliphatic rings. The van der Waals surface area contributed by atoms with Crippen LogP contribution in [0.3, 0.4) is 0 Å². The Kier molecular flexibility index (Phi) is 4.57. The van der Waals surface area contributed by atoms with E-state index in [-0.39, 0.29) is 0 Å². The molecule has 0 bridgehead atoms. The molecular formula is C17H19N3OS2. The van der Waals surface area contributed by atoms with Gasteiger partial charge in [-0.3, -0.25) is 9.80 Å². The van der Waals surface area contributed by atoms with Crippen LogP contribution in [-0.4, -0.2) is 41.0 Å².